The van der Waals surface area contributed by atoms with Crippen LogP contribution in [0.2, 0.25) is 0 Å². The van der Waals surface area contributed by atoms with Crippen LogP contribution in [0.4, 0.5) is 0 Å². The maximum absolute atomic E-state index is 5.37. The van der Waals surface area contributed by atoms with Gasteiger partial charge < -0.3 is 15.4 Å². The van der Waals surface area contributed by atoms with E-state index in [4.69, 9.17) is 4.74 Å². The third kappa shape index (κ3) is 9.96. The summed E-state index contributed by atoms with van der Waals surface area (Å²) in [6.07, 6.45) is 5.05. The monoisotopic (exact) mass is 461 g/mol. The minimum atomic E-state index is 0. The molecular weight excluding hydrogens is 429 g/mol. The molecule has 1 aliphatic rings. The molecule has 1 saturated heterocycles. The van der Waals surface area contributed by atoms with Gasteiger partial charge in [0, 0.05) is 51.0 Å². The quantitative estimate of drug-likeness (QED) is 0.255. The molecule has 7 heteroatoms. The zero-order chi connectivity index (χ0) is 16.9. The number of guanidine groups is 1. The van der Waals surface area contributed by atoms with E-state index in [1.807, 2.05) is 18.3 Å². The van der Waals surface area contributed by atoms with Crippen molar-refractivity contribution in [2.75, 3.05) is 52.5 Å². The lowest BCUT2D eigenvalue weighted by Crippen LogP contribution is -2.38. The van der Waals surface area contributed by atoms with Crippen LogP contribution in [-0.4, -0.2) is 68.3 Å². The Morgan fingerprint density at radius 1 is 1.24 bits per heavy atom. The van der Waals surface area contributed by atoms with E-state index < -0.39 is 0 Å². The Balaban J connectivity index is 0.00000312. The third-order valence-electron chi connectivity index (χ3n) is 4.00. The number of nitrogens with zero attached hydrogens (tertiary/aromatic N) is 3. The Morgan fingerprint density at radius 2 is 2.08 bits per heavy atom. The highest BCUT2D eigenvalue weighted by Crippen LogP contribution is 2.00. The summed E-state index contributed by atoms with van der Waals surface area (Å²) in [7, 11) is 0. The molecule has 0 aromatic carbocycles. The van der Waals surface area contributed by atoms with Crippen molar-refractivity contribution in [1.82, 2.24) is 20.5 Å². The largest absolute Gasteiger partial charge is 0.379 e. The summed E-state index contributed by atoms with van der Waals surface area (Å²) in [5.74, 6) is 0.903. The maximum atomic E-state index is 5.37. The zero-order valence-corrected chi connectivity index (χ0v) is 17.6. The number of unbranched alkanes of at least 4 members (excludes halogenated alkanes) is 1. The van der Waals surface area contributed by atoms with Crippen LogP contribution < -0.4 is 10.6 Å². The number of morpholine rings is 1. The molecule has 2 rings (SSSR count). The molecule has 0 unspecified atom stereocenters. The van der Waals surface area contributed by atoms with Crippen molar-refractivity contribution in [1.29, 1.82) is 0 Å². The number of ether oxygens (including phenoxy) is 1. The van der Waals surface area contributed by atoms with Crippen LogP contribution >= 0.6 is 24.0 Å². The average Bonchev–Trinajstić information content (AvgIpc) is 2.63. The fourth-order valence-electron chi connectivity index (χ4n) is 2.66. The second kappa shape index (κ2) is 14.3. The fourth-order valence-corrected chi connectivity index (χ4v) is 2.66. The van der Waals surface area contributed by atoms with Gasteiger partial charge in [-0.25, -0.2) is 0 Å². The first-order chi connectivity index (χ1) is 11.9. The lowest BCUT2D eigenvalue weighted by Gasteiger charge is -2.26. The molecule has 1 aromatic heterocycles. The Kier molecular flexibility index (Phi) is 12.6. The molecule has 2 heterocycles. The first-order valence-corrected chi connectivity index (χ1v) is 9.10. The van der Waals surface area contributed by atoms with Gasteiger partial charge in [-0.05, 0) is 38.4 Å². The SMILES string of the molecule is CCNC(=NCCCCN1CCOCC1)NCCc1ccccn1.I. The number of aliphatic imine (C=N–C) groups is 1. The molecular formula is C18H32IN5O. The highest BCUT2D eigenvalue weighted by molar-refractivity contribution is 14.0. The molecule has 1 aliphatic heterocycles. The van der Waals surface area contributed by atoms with E-state index in [0.29, 0.717) is 0 Å². The van der Waals surface area contributed by atoms with Gasteiger partial charge in [0.25, 0.3) is 0 Å². The molecule has 142 valence electrons. The summed E-state index contributed by atoms with van der Waals surface area (Å²) in [4.78, 5) is 11.5. The molecule has 0 radical (unpaired) electrons. The van der Waals surface area contributed by atoms with Gasteiger partial charge in [0.15, 0.2) is 5.96 Å². The van der Waals surface area contributed by atoms with E-state index in [1.54, 1.807) is 0 Å². The van der Waals surface area contributed by atoms with Crippen LogP contribution in [0.5, 0.6) is 0 Å². The van der Waals surface area contributed by atoms with Crippen molar-refractivity contribution in [3.05, 3.63) is 30.1 Å². The first kappa shape index (κ1) is 22.1. The summed E-state index contributed by atoms with van der Waals surface area (Å²) in [5, 5.41) is 6.68. The van der Waals surface area contributed by atoms with E-state index in [9.17, 15) is 0 Å². The summed E-state index contributed by atoms with van der Waals surface area (Å²) in [5.41, 5.74) is 1.10. The van der Waals surface area contributed by atoms with Gasteiger partial charge in [-0.2, -0.15) is 0 Å². The summed E-state index contributed by atoms with van der Waals surface area (Å²) in [6, 6.07) is 6.02. The van der Waals surface area contributed by atoms with Gasteiger partial charge in [0.2, 0.25) is 0 Å². The second-order valence-electron chi connectivity index (χ2n) is 5.92. The van der Waals surface area contributed by atoms with Crippen LogP contribution in [0.3, 0.4) is 0 Å². The number of aromatic nitrogens is 1. The minimum Gasteiger partial charge on any atom is -0.379 e. The summed E-state index contributed by atoms with van der Waals surface area (Å²) < 4.78 is 5.37. The molecule has 0 saturated carbocycles. The Hall–Kier alpha value is -0.930. The van der Waals surface area contributed by atoms with E-state index >= 15 is 0 Å². The third-order valence-corrected chi connectivity index (χ3v) is 4.00. The number of rotatable bonds is 9. The van der Waals surface area contributed by atoms with Crippen molar-refractivity contribution < 1.29 is 4.74 Å². The van der Waals surface area contributed by atoms with Crippen LogP contribution in [0, 0.1) is 0 Å². The van der Waals surface area contributed by atoms with E-state index in [2.05, 4.69) is 38.5 Å². The normalized spacial score (nSPS) is 15.5. The number of pyridine rings is 1. The summed E-state index contributed by atoms with van der Waals surface area (Å²) >= 11 is 0. The van der Waals surface area contributed by atoms with Gasteiger partial charge in [0.05, 0.1) is 13.2 Å². The molecule has 1 fully saturated rings. The highest BCUT2D eigenvalue weighted by Gasteiger charge is 2.08. The Labute approximate surface area is 168 Å². The number of hydrogen-bond donors (Lipinski definition) is 2. The van der Waals surface area contributed by atoms with Gasteiger partial charge in [-0.1, -0.05) is 6.07 Å². The molecule has 0 aliphatic carbocycles. The Morgan fingerprint density at radius 3 is 2.80 bits per heavy atom. The molecule has 0 atom stereocenters. The predicted molar refractivity (Wildman–Crippen MR) is 114 cm³/mol. The number of hydrogen-bond acceptors (Lipinski definition) is 4. The van der Waals surface area contributed by atoms with Gasteiger partial charge in [-0.3, -0.25) is 14.9 Å². The summed E-state index contributed by atoms with van der Waals surface area (Å²) in [6.45, 7) is 9.73. The fraction of sp³-hybridized carbons (Fsp3) is 0.667. The standard InChI is InChI=1S/C18H31N5O.HI/c1-2-19-18(22-11-8-17-7-3-4-9-20-17)21-10-5-6-12-23-13-15-24-16-14-23;/h3-4,7,9H,2,5-6,8,10-16H2,1H3,(H2,19,21,22);1H. The molecule has 2 N–H and O–H groups in total. The van der Waals surface area contributed by atoms with E-state index in [0.717, 1.165) is 77.0 Å². The van der Waals surface area contributed by atoms with Crippen molar-refractivity contribution in [2.45, 2.75) is 26.2 Å². The molecule has 1 aromatic rings. The van der Waals surface area contributed by atoms with Crippen molar-refractivity contribution >= 4 is 29.9 Å². The average molecular weight is 461 g/mol. The van der Waals surface area contributed by atoms with Crippen LogP contribution in [-0.2, 0) is 11.2 Å². The molecule has 6 nitrogen and oxygen atoms in total. The smallest absolute Gasteiger partial charge is 0.191 e. The molecule has 0 spiro atoms. The lowest BCUT2D eigenvalue weighted by molar-refractivity contribution is 0.0373. The lowest BCUT2D eigenvalue weighted by atomic mass is 10.2. The number of halogens is 1. The van der Waals surface area contributed by atoms with Crippen LogP contribution in [0.25, 0.3) is 0 Å². The molecule has 0 bridgehead atoms. The van der Waals surface area contributed by atoms with E-state index in [-0.39, 0.29) is 24.0 Å². The second-order valence-corrected chi connectivity index (χ2v) is 5.92. The predicted octanol–water partition coefficient (Wildman–Crippen LogP) is 1.91. The van der Waals surface area contributed by atoms with Gasteiger partial charge in [-0.15, -0.1) is 24.0 Å². The first-order valence-electron chi connectivity index (χ1n) is 9.10. The van der Waals surface area contributed by atoms with E-state index in [1.165, 1.54) is 6.42 Å². The van der Waals surface area contributed by atoms with Crippen LogP contribution in [0.15, 0.2) is 29.4 Å². The zero-order valence-electron chi connectivity index (χ0n) is 15.2. The van der Waals surface area contributed by atoms with Crippen LogP contribution in [0.1, 0.15) is 25.5 Å². The Bertz CT molecular complexity index is 466. The molecule has 25 heavy (non-hydrogen) atoms. The minimum absolute atomic E-state index is 0. The topological polar surface area (TPSA) is 61.8 Å². The van der Waals surface area contributed by atoms with Crippen molar-refractivity contribution in [2.24, 2.45) is 4.99 Å². The number of nitrogens with one attached hydrogen (secondary N) is 2. The maximum Gasteiger partial charge on any atom is 0.191 e. The van der Waals surface area contributed by atoms with Crippen molar-refractivity contribution in [3.63, 3.8) is 0 Å². The van der Waals surface area contributed by atoms with Gasteiger partial charge in [0.1, 0.15) is 0 Å². The van der Waals surface area contributed by atoms with Gasteiger partial charge >= 0.3 is 0 Å². The van der Waals surface area contributed by atoms with Crippen molar-refractivity contribution in [3.8, 4) is 0 Å². The highest BCUT2D eigenvalue weighted by atomic mass is 127. The molecule has 0 amide bonds.